The van der Waals surface area contributed by atoms with Crippen LogP contribution < -0.4 is 5.32 Å². The number of nitrogens with one attached hydrogen (secondary N) is 1. The molecule has 0 saturated carbocycles. The van der Waals surface area contributed by atoms with Crippen LogP contribution in [0.15, 0.2) is 24.3 Å². The van der Waals surface area contributed by atoms with E-state index in [4.69, 9.17) is 4.74 Å². The van der Waals surface area contributed by atoms with E-state index in [9.17, 15) is 0 Å². The van der Waals surface area contributed by atoms with Crippen LogP contribution in [-0.4, -0.2) is 19.8 Å². The molecule has 0 bridgehead atoms. The van der Waals surface area contributed by atoms with Crippen LogP contribution >= 0.6 is 0 Å². The molecule has 1 heterocycles. The molecule has 0 aliphatic carbocycles. The van der Waals surface area contributed by atoms with Crippen molar-refractivity contribution in [1.29, 1.82) is 0 Å². The molecule has 0 amide bonds. The molecule has 21 heavy (non-hydrogen) atoms. The van der Waals surface area contributed by atoms with Gasteiger partial charge in [-0.1, -0.05) is 45.0 Å². The van der Waals surface area contributed by atoms with Crippen LogP contribution in [0.5, 0.6) is 0 Å². The highest BCUT2D eigenvalue weighted by molar-refractivity contribution is 5.35. The lowest BCUT2D eigenvalue weighted by molar-refractivity contribution is 0.101. The maximum Gasteiger partial charge on any atom is 0.0576 e. The van der Waals surface area contributed by atoms with Crippen molar-refractivity contribution in [3.8, 4) is 0 Å². The molecule has 0 radical (unpaired) electrons. The molecule has 2 unspecified atom stereocenters. The molecular weight excluding hydrogens is 258 g/mol. The van der Waals surface area contributed by atoms with E-state index in [1.165, 1.54) is 43.2 Å². The van der Waals surface area contributed by atoms with Crippen molar-refractivity contribution in [2.75, 3.05) is 13.7 Å². The summed E-state index contributed by atoms with van der Waals surface area (Å²) in [4.78, 5) is 0. The predicted molar refractivity (Wildman–Crippen MR) is 89.8 cm³/mol. The quantitative estimate of drug-likeness (QED) is 0.826. The molecule has 1 aliphatic rings. The third-order valence-corrected chi connectivity index (χ3v) is 4.54. The van der Waals surface area contributed by atoms with E-state index in [0.29, 0.717) is 12.1 Å². The van der Waals surface area contributed by atoms with Crippen LogP contribution in [0, 0.1) is 0 Å². The van der Waals surface area contributed by atoms with Gasteiger partial charge in [-0.25, -0.2) is 0 Å². The molecule has 0 spiro atoms. The summed E-state index contributed by atoms with van der Waals surface area (Å²) in [6.07, 6.45) is 6.63. The van der Waals surface area contributed by atoms with Crippen LogP contribution in [0.25, 0.3) is 0 Å². The Labute approximate surface area is 130 Å². The molecule has 118 valence electrons. The van der Waals surface area contributed by atoms with Crippen LogP contribution in [0.2, 0.25) is 0 Å². The molecule has 2 rings (SSSR count). The Morgan fingerprint density at radius 1 is 1.29 bits per heavy atom. The van der Waals surface area contributed by atoms with Gasteiger partial charge in [0.1, 0.15) is 0 Å². The van der Waals surface area contributed by atoms with Gasteiger partial charge in [-0.3, -0.25) is 0 Å². The fourth-order valence-electron chi connectivity index (χ4n) is 3.36. The average molecular weight is 289 g/mol. The number of benzene rings is 1. The third-order valence-electron chi connectivity index (χ3n) is 4.54. The molecule has 2 heteroatoms. The van der Waals surface area contributed by atoms with Crippen molar-refractivity contribution in [1.82, 2.24) is 5.32 Å². The van der Waals surface area contributed by atoms with Crippen LogP contribution in [0.1, 0.15) is 70.0 Å². The zero-order valence-electron chi connectivity index (χ0n) is 14.1. The van der Waals surface area contributed by atoms with Crippen molar-refractivity contribution in [2.24, 2.45) is 0 Å². The van der Waals surface area contributed by atoms with E-state index >= 15 is 0 Å². The van der Waals surface area contributed by atoms with Gasteiger partial charge in [0.15, 0.2) is 0 Å². The zero-order chi connectivity index (χ0) is 15.3. The maximum atomic E-state index is 5.73. The number of hydrogen-bond donors (Lipinski definition) is 1. The largest absolute Gasteiger partial charge is 0.378 e. The lowest BCUT2D eigenvalue weighted by atomic mass is 9.81. The lowest BCUT2D eigenvalue weighted by Gasteiger charge is -2.27. The summed E-state index contributed by atoms with van der Waals surface area (Å²) in [6, 6.07) is 9.33. The fourth-order valence-corrected chi connectivity index (χ4v) is 3.36. The van der Waals surface area contributed by atoms with E-state index < -0.39 is 0 Å². The highest BCUT2D eigenvalue weighted by Gasteiger charge is 2.22. The zero-order valence-corrected chi connectivity index (χ0v) is 14.1. The summed E-state index contributed by atoms with van der Waals surface area (Å²) in [5, 5.41) is 3.52. The Hall–Kier alpha value is -0.860. The smallest absolute Gasteiger partial charge is 0.0576 e. The molecule has 1 aliphatic heterocycles. The third kappa shape index (κ3) is 4.55. The van der Waals surface area contributed by atoms with Crippen molar-refractivity contribution < 1.29 is 4.74 Å². The molecular formula is C19H31NO. The maximum absolute atomic E-state index is 5.73. The SMILES string of the molecule is CNC(CCCC1CCCO1)c1ccccc1C(C)(C)C. The molecule has 1 fully saturated rings. The molecule has 2 nitrogen and oxygen atoms in total. The fraction of sp³-hybridized carbons (Fsp3) is 0.684. The highest BCUT2D eigenvalue weighted by Crippen LogP contribution is 2.32. The topological polar surface area (TPSA) is 21.3 Å². The Bertz CT molecular complexity index is 429. The second kappa shape index (κ2) is 7.42. The first-order valence-electron chi connectivity index (χ1n) is 8.40. The number of hydrogen-bond acceptors (Lipinski definition) is 2. The van der Waals surface area contributed by atoms with Gasteiger partial charge < -0.3 is 10.1 Å². The molecule has 1 aromatic rings. The second-order valence-corrected chi connectivity index (χ2v) is 7.24. The first-order valence-corrected chi connectivity index (χ1v) is 8.40. The Balaban J connectivity index is 2.00. The summed E-state index contributed by atoms with van der Waals surface area (Å²) in [7, 11) is 2.08. The molecule has 1 aromatic carbocycles. The Kier molecular flexibility index (Phi) is 5.83. The van der Waals surface area contributed by atoms with Crippen LogP contribution in [-0.2, 0) is 10.2 Å². The van der Waals surface area contributed by atoms with E-state index in [-0.39, 0.29) is 5.41 Å². The van der Waals surface area contributed by atoms with Crippen molar-refractivity contribution >= 4 is 0 Å². The van der Waals surface area contributed by atoms with E-state index in [2.05, 4.69) is 57.4 Å². The normalized spacial score (nSPS) is 20.7. The minimum Gasteiger partial charge on any atom is -0.378 e. The summed E-state index contributed by atoms with van der Waals surface area (Å²) >= 11 is 0. The van der Waals surface area contributed by atoms with Gasteiger partial charge in [-0.2, -0.15) is 0 Å². The second-order valence-electron chi connectivity index (χ2n) is 7.24. The van der Waals surface area contributed by atoms with E-state index in [1.54, 1.807) is 0 Å². The predicted octanol–water partition coefficient (Wildman–Crippen LogP) is 4.59. The van der Waals surface area contributed by atoms with E-state index in [1.807, 2.05) is 0 Å². The van der Waals surface area contributed by atoms with Gasteiger partial charge in [0.25, 0.3) is 0 Å². The van der Waals surface area contributed by atoms with Gasteiger partial charge in [-0.05, 0) is 55.7 Å². The van der Waals surface area contributed by atoms with Gasteiger partial charge in [0, 0.05) is 12.6 Å². The Morgan fingerprint density at radius 3 is 2.67 bits per heavy atom. The summed E-state index contributed by atoms with van der Waals surface area (Å²) < 4.78 is 5.73. The van der Waals surface area contributed by atoms with E-state index in [0.717, 1.165) is 6.61 Å². The number of ether oxygens (including phenoxy) is 1. The lowest BCUT2D eigenvalue weighted by Crippen LogP contribution is -2.23. The van der Waals surface area contributed by atoms with Gasteiger partial charge in [-0.15, -0.1) is 0 Å². The Morgan fingerprint density at radius 2 is 2.05 bits per heavy atom. The van der Waals surface area contributed by atoms with Gasteiger partial charge in [0.05, 0.1) is 6.10 Å². The molecule has 1 saturated heterocycles. The molecule has 2 atom stereocenters. The molecule has 0 aromatic heterocycles. The molecule has 1 N–H and O–H groups in total. The monoisotopic (exact) mass is 289 g/mol. The van der Waals surface area contributed by atoms with Crippen molar-refractivity contribution in [3.63, 3.8) is 0 Å². The van der Waals surface area contributed by atoms with Gasteiger partial charge in [0.2, 0.25) is 0 Å². The summed E-state index contributed by atoms with van der Waals surface area (Å²) in [5.41, 5.74) is 3.11. The van der Waals surface area contributed by atoms with Crippen molar-refractivity contribution in [2.45, 2.75) is 70.4 Å². The highest BCUT2D eigenvalue weighted by atomic mass is 16.5. The summed E-state index contributed by atoms with van der Waals surface area (Å²) in [5.74, 6) is 0. The first kappa shape index (κ1) is 16.5. The minimum atomic E-state index is 0.195. The number of rotatable bonds is 6. The van der Waals surface area contributed by atoms with Crippen molar-refractivity contribution in [3.05, 3.63) is 35.4 Å². The first-order chi connectivity index (χ1) is 10.0. The minimum absolute atomic E-state index is 0.195. The van der Waals surface area contributed by atoms with Crippen LogP contribution in [0.3, 0.4) is 0 Å². The average Bonchev–Trinajstić information content (AvgIpc) is 2.96. The standard InChI is InChI=1S/C19H31NO/c1-19(2,3)17-12-6-5-11-16(17)18(20-4)13-7-9-15-10-8-14-21-15/h5-6,11-12,15,18,20H,7-10,13-14H2,1-4H3. The van der Waals surface area contributed by atoms with Crippen LogP contribution in [0.4, 0.5) is 0 Å². The summed E-state index contributed by atoms with van der Waals surface area (Å²) in [6.45, 7) is 7.85. The van der Waals surface area contributed by atoms with Gasteiger partial charge >= 0.3 is 0 Å².